The lowest BCUT2D eigenvalue weighted by molar-refractivity contribution is 0.254. The van der Waals surface area contributed by atoms with E-state index in [1.807, 2.05) is 0 Å². The number of hydrogen-bond donors (Lipinski definition) is 2. The molecule has 2 aromatic heterocycles. The van der Waals surface area contributed by atoms with Crippen molar-refractivity contribution in [1.29, 1.82) is 0 Å². The number of hydrogen-bond acceptors (Lipinski definition) is 5. The second-order valence-corrected chi connectivity index (χ2v) is 6.04. The van der Waals surface area contributed by atoms with Crippen LogP contribution in [0, 0.1) is 5.41 Å². The summed E-state index contributed by atoms with van der Waals surface area (Å²) in [5.74, 6) is 0.694. The van der Waals surface area contributed by atoms with Crippen molar-refractivity contribution in [2.45, 2.75) is 13.8 Å². The fraction of sp³-hybridized carbons (Fsp3) is 0.583. The molecule has 19 heavy (non-hydrogen) atoms. The lowest BCUT2D eigenvalue weighted by atomic mass is 9.93. The molecule has 0 amide bonds. The fourth-order valence-corrected chi connectivity index (χ4v) is 2.33. The quantitative estimate of drug-likeness (QED) is 0.821. The standard InChI is InChI=1S/C12H19ClN6/c1-12(2,6-19(3)4)5-14-9-8-10(16-7-15-8)18-11(13)17-9/h7H,5-6H2,1-4H3,(H2,14,15,16,17,18). The molecule has 0 aliphatic carbocycles. The van der Waals surface area contributed by atoms with E-state index in [0.29, 0.717) is 11.5 Å². The third kappa shape index (κ3) is 3.54. The van der Waals surface area contributed by atoms with Gasteiger partial charge >= 0.3 is 0 Å². The van der Waals surface area contributed by atoms with Crippen molar-refractivity contribution in [3.05, 3.63) is 11.6 Å². The SMILES string of the molecule is CN(C)CC(C)(C)CNc1nc(Cl)nc2nc[nH]c12. The maximum Gasteiger partial charge on any atom is 0.226 e. The average molecular weight is 283 g/mol. The van der Waals surface area contributed by atoms with Gasteiger partial charge < -0.3 is 15.2 Å². The van der Waals surface area contributed by atoms with E-state index in [-0.39, 0.29) is 10.7 Å². The fourth-order valence-electron chi connectivity index (χ4n) is 2.17. The molecule has 0 spiro atoms. The van der Waals surface area contributed by atoms with Gasteiger partial charge in [-0.25, -0.2) is 4.98 Å². The molecule has 0 unspecified atom stereocenters. The van der Waals surface area contributed by atoms with Crippen LogP contribution < -0.4 is 5.32 Å². The summed E-state index contributed by atoms with van der Waals surface area (Å²) in [5.41, 5.74) is 1.48. The zero-order valence-corrected chi connectivity index (χ0v) is 12.4. The number of anilines is 1. The van der Waals surface area contributed by atoms with Gasteiger partial charge in [0.2, 0.25) is 5.28 Å². The van der Waals surface area contributed by atoms with Crippen molar-refractivity contribution in [3.8, 4) is 0 Å². The van der Waals surface area contributed by atoms with Gasteiger partial charge in [0, 0.05) is 13.1 Å². The molecule has 0 aromatic carbocycles. The molecule has 6 nitrogen and oxygen atoms in total. The predicted molar refractivity (Wildman–Crippen MR) is 77.5 cm³/mol. The van der Waals surface area contributed by atoms with Gasteiger partial charge in [0.05, 0.1) is 6.33 Å². The number of H-pyrrole nitrogens is 1. The molecular weight excluding hydrogens is 264 g/mol. The first-order valence-electron chi connectivity index (χ1n) is 6.13. The number of nitrogens with one attached hydrogen (secondary N) is 2. The summed E-state index contributed by atoms with van der Waals surface area (Å²) < 4.78 is 0. The van der Waals surface area contributed by atoms with Crippen molar-refractivity contribution in [2.75, 3.05) is 32.5 Å². The number of imidazole rings is 1. The monoisotopic (exact) mass is 282 g/mol. The lowest BCUT2D eigenvalue weighted by Crippen LogP contribution is -2.34. The zero-order valence-electron chi connectivity index (χ0n) is 11.7. The summed E-state index contributed by atoms with van der Waals surface area (Å²) in [6.45, 7) is 6.16. The van der Waals surface area contributed by atoms with Gasteiger partial charge in [-0.3, -0.25) is 0 Å². The minimum Gasteiger partial charge on any atom is -0.368 e. The highest BCUT2D eigenvalue weighted by molar-refractivity contribution is 6.28. The molecule has 104 valence electrons. The Kier molecular flexibility index (Phi) is 3.91. The molecule has 2 aromatic rings. The number of fused-ring (bicyclic) bond motifs is 1. The number of nitrogens with zero attached hydrogens (tertiary/aromatic N) is 4. The smallest absolute Gasteiger partial charge is 0.226 e. The van der Waals surface area contributed by atoms with E-state index in [0.717, 1.165) is 18.6 Å². The van der Waals surface area contributed by atoms with Crippen LogP contribution in [-0.2, 0) is 0 Å². The third-order valence-electron chi connectivity index (χ3n) is 2.74. The molecule has 0 saturated heterocycles. The molecule has 7 heteroatoms. The van der Waals surface area contributed by atoms with Crippen LogP contribution in [0.3, 0.4) is 0 Å². The molecule has 0 radical (unpaired) electrons. The van der Waals surface area contributed by atoms with Crippen LogP contribution in [0.15, 0.2) is 6.33 Å². The summed E-state index contributed by atoms with van der Waals surface area (Å²) in [5, 5.41) is 3.53. The molecule has 0 aliphatic heterocycles. The van der Waals surface area contributed by atoms with Gasteiger partial charge in [-0.15, -0.1) is 0 Å². The molecule has 2 heterocycles. The van der Waals surface area contributed by atoms with Crippen LogP contribution in [0.4, 0.5) is 5.82 Å². The maximum atomic E-state index is 5.89. The van der Waals surface area contributed by atoms with Gasteiger partial charge in [0.25, 0.3) is 0 Å². The first kappa shape index (κ1) is 14.0. The highest BCUT2D eigenvalue weighted by Crippen LogP contribution is 2.21. The van der Waals surface area contributed by atoms with Crippen molar-refractivity contribution >= 4 is 28.6 Å². The summed E-state index contributed by atoms with van der Waals surface area (Å²) in [7, 11) is 4.13. The third-order valence-corrected chi connectivity index (χ3v) is 2.91. The van der Waals surface area contributed by atoms with Crippen LogP contribution in [0.25, 0.3) is 11.2 Å². The minimum atomic E-state index is 0.118. The lowest BCUT2D eigenvalue weighted by Gasteiger charge is -2.28. The van der Waals surface area contributed by atoms with Crippen LogP contribution in [-0.4, -0.2) is 52.0 Å². The Labute approximate surface area is 117 Å². The summed E-state index contributed by atoms with van der Waals surface area (Å²) >= 11 is 5.89. The number of aromatic amines is 1. The molecule has 0 saturated carbocycles. The van der Waals surface area contributed by atoms with Crippen LogP contribution in [0.5, 0.6) is 0 Å². The first-order valence-corrected chi connectivity index (χ1v) is 6.50. The van der Waals surface area contributed by atoms with Crippen molar-refractivity contribution in [1.82, 2.24) is 24.8 Å². The van der Waals surface area contributed by atoms with E-state index in [2.05, 4.69) is 58.1 Å². The largest absolute Gasteiger partial charge is 0.368 e. The van der Waals surface area contributed by atoms with E-state index in [1.165, 1.54) is 0 Å². The number of halogens is 1. The number of aromatic nitrogens is 4. The average Bonchev–Trinajstić information content (AvgIpc) is 2.71. The number of rotatable bonds is 5. The van der Waals surface area contributed by atoms with Crippen LogP contribution >= 0.6 is 11.6 Å². The summed E-state index contributed by atoms with van der Waals surface area (Å²) in [6.07, 6.45) is 1.59. The van der Waals surface area contributed by atoms with Crippen molar-refractivity contribution in [3.63, 3.8) is 0 Å². The predicted octanol–water partition coefficient (Wildman–Crippen LogP) is 2.01. The Morgan fingerprint density at radius 1 is 1.37 bits per heavy atom. The second-order valence-electron chi connectivity index (χ2n) is 5.70. The Bertz CT molecular complexity index is 562. The Balaban J connectivity index is 2.15. The highest BCUT2D eigenvalue weighted by Gasteiger charge is 2.20. The normalized spacial score (nSPS) is 12.3. The van der Waals surface area contributed by atoms with Crippen LogP contribution in [0.2, 0.25) is 5.28 Å². The molecular formula is C12H19ClN6. The van der Waals surface area contributed by atoms with E-state index < -0.39 is 0 Å². The second kappa shape index (κ2) is 5.30. The van der Waals surface area contributed by atoms with Gasteiger partial charge in [0.1, 0.15) is 5.52 Å². The van der Waals surface area contributed by atoms with Crippen LogP contribution in [0.1, 0.15) is 13.8 Å². The Hall–Kier alpha value is -1.40. The molecule has 0 aliphatic rings. The van der Waals surface area contributed by atoms with Crippen molar-refractivity contribution in [2.24, 2.45) is 5.41 Å². The molecule has 2 N–H and O–H groups in total. The van der Waals surface area contributed by atoms with E-state index >= 15 is 0 Å². The summed E-state index contributed by atoms with van der Waals surface area (Å²) in [6, 6.07) is 0. The van der Waals surface area contributed by atoms with Gasteiger partial charge in [-0.1, -0.05) is 13.8 Å². The maximum absolute atomic E-state index is 5.89. The zero-order chi connectivity index (χ0) is 14.0. The van der Waals surface area contributed by atoms with E-state index in [4.69, 9.17) is 11.6 Å². The Morgan fingerprint density at radius 2 is 2.11 bits per heavy atom. The molecule has 0 bridgehead atoms. The van der Waals surface area contributed by atoms with E-state index in [1.54, 1.807) is 6.33 Å². The summed E-state index contributed by atoms with van der Waals surface area (Å²) in [4.78, 5) is 17.6. The molecule has 0 atom stereocenters. The first-order chi connectivity index (χ1) is 8.87. The van der Waals surface area contributed by atoms with Gasteiger partial charge in [-0.2, -0.15) is 9.97 Å². The highest BCUT2D eigenvalue weighted by atomic mass is 35.5. The van der Waals surface area contributed by atoms with Gasteiger partial charge in [0.15, 0.2) is 11.5 Å². The Morgan fingerprint density at radius 3 is 2.79 bits per heavy atom. The molecule has 0 fully saturated rings. The van der Waals surface area contributed by atoms with E-state index in [9.17, 15) is 0 Å². The minimum absolute atomic E-state index is 0.118. The molecule has 2 rings (SSSR count). The van der Waals surface area contributed by atoms with Crippen molar-refractivity contribution < 1.29 is 0 Å². The van der Waals surface area contributed by atoms with Gasteiger partial charge in [-0.05, 0) is 31.1 Å². The topological polar surface area (TPSA) is 69.7 Å².